The lowest BCUT2D eigenvalue weighted by molar-refractivity contribution is 0.0851. The maximum atomic E-state index is 11.6. The molecular formula is C10H9NO2. The summed E-state index contributed by atoms with van der Waals surface area (Å²) in [4.78, 5) is 13.1. The van der Waals surface area contributed by atoms with Gasteiger partial charge in [-0.25, -0.2) is 0 Å². The van der Waals surface area contributed by atoms with Gasteiger partial charge in [-0.3, -0.25) is 4.79 Å². The molecule has 1 aliphatic rings. The van der Waals surface area contributed by atoms with E-state index in [1.54, 1.807) is 25.4 Å². The fourth-order valence-corrected chi connectivity index (χ4v) is 1.20. The minimum absolute atomic E-state index is 0.0515. The van der Waals surface area contributed by atoms with E-state index in [0.29, 0.717) is 11.3 Å². The van der Waals surface area contributed by atoms with Crippen LogP contribution < -0.4 is 4.74 Å². The minimum Gasteiger partial charge on any atom is -0.463 e. The van der Waals surface area contributed by atoms with E-state index in [1.165, 1.54) is 11.2 Å². The molecule has 3 heteroatoms. The van der Waals surface area contributed by atoms with Crippen LogP contribution in [0.5, 0.6) is 5.75 Å². The predicted molar refractivity (Wildman–Crippen MR) is 48.3 cm³/mol. The van der Waals surface area contributed by atoms with E-state index >= 15 is 0 Å². The van der Waals surface area contributed by atoms with Crippen LogP contribution in [-0.2, 0) is 0 Å². The van der Waals surface area contributed by atoms with E-state index in [1.807, 2.05) is 12.1 Å². The zero-order chi connectivity index (χ0) is 9.26. The van der Waals surface area contributed by atoms with Crippen LogP contribution in [0.2, 0.25) is 0 Å². The summed E-state index contributed by atoms with van der Waals surface area (Å²) < 4.78 is 5.25. The number of ether oxygens (including phenoxy) is 1. The molecule has 1 heterocycles. The number of rotatable bonds is 0. The van der Waals surface area contributed by atoms with Gasteiger partial charge in [0.15, 0.2) is 0 Å². The third-order valence-corrected chi connectivity index (χ3v) is 1.92. The van der Waals surface area contributed by atoms with Gasteiger partial charge in [0.1, 0.15) is 12.0 Å². The smallest absolute Gasteiger partial charge is 0.261 e. The lowest BCUT2D eigenvalue weighted by Gasteiger charge is -2.09. The van der Waals surface area contributed by atoms with Crippen LogP contribution in [0.3, 0.4) is 0 Å². The Balaban J connectivity index is 2.53. The molecule has 1 aromatic rings. The second-order valence-electron chi connectivity index (χ2n) is 2.82. The molecule has 0 unspecified atom stereocenters. The van der Waals surface area contributed by atoms with E-state index in [9.17, 15) is 4.79 Å². The fourth-order valence-electron chi connectivity index (χ4n) is 1.20. The Kier molecular flexibility index (Phi) is 1.77. The quantitative estimate of drug-likeness (QED) is 0.599. The molecule has 0 atom stereocenters. The molecule has 0 saturated heterocycles. The standard InChI is InChI=1S/C10H9NO2/c1-11-6-7-13-9-5-3-2-4-8(9)10(11)12/h2-7H,1H3. The molecule has 0 spiro atoms. The Labute approximate surface area is 76.2 Å². The molecule has 1 aromatic carbocycles. The van der Waals surface area contributed by atoms with Crippen molar-refractivity contribution in [1.29, 1.82) is 0 Å². The second kappa shape index (κ2) is 2.94. The van der Waals surface area contributed by atoms with Crippen molar-refractivity contribution in [1.82, 2.24) is 4.90 Å². The molecule has 1 aliphatic heterocycles. The average Bonchev–Trinajstić information content (AvgIpc) is 2.29. The van der Waals surface area contributed by atoms with Gasteiger partial charge in [0.2, 0.25) is 0 Å². The van der Waals surface area contributed by atoms with Crippen LogP contribution in [0.1, 0.15) is 10.4 Å². The SMILES string of the molecule is CN1C=COc2ccccc2C1=O. The van der Waals surface area contributed by atoms with Gasteiger partial charge in [0.25, 0.3) is 5.91 Å². The molecule has 0 aliphatic carbocycles. The van der Waals surface area contributed by atoms with E-state index in [-0.39, 0.29) is 5.91 Å². The van der Waals surface area contributed by atoms with Gasteiger partial charge in [-0.2, -0.15) is 0 Å². The lowest BCUT2D eigenvalue weighted by Crippen LogP contribution is -2.19. The van der Waals surface area contributed by atoms with Crippen LogP contribution in [-0.4, -0.2) is 17.9 Å². The van der Waals surface area contributed by atoms with Crippen molar-refractivity contribution >= 4 is 5.91 Å². The molecule has 66 valence electrons. The first-order valence-corrected chi connectivity index (χ1v) is 3.98. The highest BCUT2D eigenvalue weighted by molar-refractivity contribution is 5.97. The van der Waals surface area contributed by atoms with Crippen molar-refractivity contribution in [3.05, 3.63) is 42.3 Å². The minimum atomic E-state index is -0.0515. The summed E-state index contributed by atoms with van der Waals surface area (Å²) in [7, 11) is 1.70. The molecule has 1 amide bonds. The Morgan fingerprint density at radius 1 is 1.31 bits per heavy atom. The number of hydrogen-bond acceptors (Lipinski definition) is 2. The number of nitrogens with zero attached hydrogens (tertiary/aromatic N) is 1. The highest BCUT2D eigenvalue weighted by atomic mass is 16.5. The van der Waals surface area contributed by atoms with Crippen LogP contribution in [0.4, 0.5) is 0 Å². The van der Waals surface area contributed by atoms with E-state index < -0.39 is 0 Å². The van der Waals surface area contributed by atoms with E-state index in [0.717, 1.165) is 0 Å². The summed E-state index contributed by atoms with van der Waals surface area (Å²) in [5, 5.41) is 0. The van der Waals surface area contributed by atoms with Crippen LogP contribution in [0.25, 0.3) is 0 Å². The molecule has 0 aromatic heterocycles. The normalized spacial score (nSPS) is 14.8. The predicted octanol–water partition coefficient (Wildman–Crippen LogP) is 1.62. The van der Waals surface area contributed by atoms with E-state index in [4.69, 9.17) is 4.74 Å². The van der Waals surface area contributed by atoms with Crippen LogP contribution >= 0.6 is 0 Å². The Morgan fingerprint density at radius 3 is 2.92 bits per heavy atom. The third kappa shape index (κ3) is 1.28. The lowest BCUT2D eigenvalue weighted by atomic mass is 10.2. The first-order valence-electron chi connectivity index (χ1n) is 3.98. The molecular weight excluding hydrogens is 166 g/mol. The highest BCUT2D eigenvalue weighted by Gasteiger charge is 2.16. The molecule has 2 rings (SSSR count). The Bertz CT molecular complexity index is 371. The maximum Gasteiger partial charge on any atom is 0.261 e. The molecule has 0 radical (unpaired) electrons. The average molecular weight is 175 g/mol. The largest absolute Gasteiger partial charge is 0.463 e. The third-order valence-electron chi connectivity index (χ3n) is 1.92. The van der Waals surface area contributed by atoms with Crippen molar-refractivity contribution in [3.8, 4) is 5.75 Å². The number of para-hydroxylation sites is 1. The fraction of sp³-hybridized carbons (Fsp3) is 0.100. The molecule has 0 fully saturated rings. The van der Waals surface area contributed by atoms with E-state index in [2.05, 4.69) is 0 Å². The van der Waals surface area contributed by atoms with Gasteiger partial charge in [-0.05, 0) is 12.1 Å². The van der Waals surface area contributed by atoms with Crippen LogP contribution in [0, 0.1) is 0 Å². The van der Waals surface area contributed by atoms with Gasteiger partial charge < -0.3 is 9.64 Å². The summed E-state index contributed by atoms with van der Waals surface area (Å²) >= 11 is 0. The Hall–Kier alpha value is -1.77. The van der Waals surface area contributed by atoms with Gasteiger partial charge in [0.05, 0.1) is 5.56 Å². The van der Waals surface area contributed by atoms with Crippen molar-refractivity contribution in [3.63, 3.8) is 0 Å². The van der Waals surface area contributed by atoms with Crippen molar-refractivity contribution in [2.24, 2.45) is 0 Å². The number of hydrogen-bond donors (Lipinski definition) is 0. The number of carbonyl (C=O) groups excluding carboxylic acids is 1. The van der Waals surface area contributed by atoms with Crippen molar-refractivity contribution < 1.29 is 9.53 Å². The Morgan fingerprint density at radius 2 is 2.08 bits per heavy atom. The molecule has 0 saturated carbocycles. The second-order valence-corrected chi connectivity index (χ2v) is 2.82. The molecule has 0 N–H and O–H groups in total. The van der Waals surface area contributed by atoms with Crippen molar-refractivity contribution in [2.75, 3.05) is 7.05 Å². The van der Waals surface area contributed by atoms with Gasteiger partial charge in [-0.1, -0.05) is 12.1 Å². The summed E-state index contributed by atoms with van der Waals surface area (Å²) in [6.07, 6.45) is 3.10. The summed E-state index contributed by atoms with van der Waals surface area (Å²) in [5.74, 6) is 0.553. The molecule has 3 nitrogen and oxygen atoms in total. The number of amides is 1. The summed E-state index contributed by atoms with van der Waals surface area (Å²) in [6.45, 7) is 0. The monoisotopic (exact) mass is 175 g/mol. The number of fused-ring (bicyclic) bond motifs is 1. The van der Waals surface area contributed by atoms with Crippen molar-refractivity contribution in [2.45, 2.75) is 0 Å². The summed E-state index contributed by atoms with van der Waals surface area (Å²) in [5.41, 5.74) is 0.593. The molecule has 13 heavy (non-hydrogen) atoms. The summed E-state index contributed by atoms with van der Waals surface area (Å²) in [6, 6.07) is 7.18. The first kappa shape index (κ1) is 7.86. The van der Waals surface area contributed by atoms with Gasteiger partial charge in [0, 0.05) is 13.2 Å². The number of carbonyl (C=O) groups is 1. The highest BCUT2D eigenvalue weighted by Crippen LogP contribution is 2.21. The maximum absolute atomic E-state index is 11.6. The number of benzene rings is 1. The zero-order valence-corrected chi connectivity index (χ0v) is 7.23. The first-order chi connectivity index (χ1) is 6.29. The van der Waals surface area contributed by atoms with Gasteiger partial charge >= 0.3 is 0 Å². The zero-order valence-electron chi connectivity index (χ0n) is 7.23. The topological polar surface area (TPSA) is 29.5 Å². The van der Waals surface area contributed by atoms with Gasteiger partial charge in [-0.15, -0.1) is 0 Å². The molecule has 0 bridgehead atoms. The van der Waals surface area contributed by atoms with Crippen LogP contribution in [0.15, 0.2) is 36.7 Å².